The molecular formula is C16H24N2O. The number of hydrogen-bond donors (Lipinski definition) is 1. The van der Waals surface area contributed by atoms with E-state index in [2.05, 4.69) is 41.4 Å². The van der Waals surface area contributed by atoms with Crippen LogP contribution in [0.15, 0.2) is 24.3 Å². The minimum Gasteiger partial charge on any atom is -0.492 e. The van der Waals surface area contributed by atoms with Crippen LogP contribution in [0.5, 0.6) is 5.75 Å². The molecule has 0 radical (unpaired) electrons. The van der Waals surface area contributed by atoms with E-state index in [-0.39, 0.29) is 0 Å². The zero-order valence-electron chi connectivity index (χ0n) is 11.8. The van der Waals surface area contributed by atoms with Crippen molar-refractivity contribution >= 4 is 0 Å². The van der Waals surface area contributed by atoms with E-state index in [1.54, 1.807) is 0 Å². The molecule has 1 saturated heterocycles. The van der Waals surface area contributed by atoms with E-state index in [1.165, 1.54) is 38.0 Å². The maximum atomic E-state index is 5.93. The fourth-order valence-corrected chi connectivity index (χ4v) is 3.11. The van der Waals surface area contributed by atoms with Crippen molar-refractivity contribution in [2.75, 3.05) is 26.2 Å². The van der Waals surface area contributed by atoms with Gasteiger partial charge in [-0.25, -0.2) is 0 Å². The average Bonchev–Trinajstić information content (AvgIpc) is 2.61. The summed E-state index contributed by atoms with van der Waals surface area (Å²) in [7, 11) is 0. The fraction of sp³-hybridized carbons (Fsp3) is 0.625. The number of nitrogens with zero attached hydrogens (tertiary/aromatic N) is 1. The number of para-hydroxylation sites is 1. The normalized spacial score (nSPS) is 25.4. The van der Waals surface area contributed by atoms with Crippen LogP contribution < -0.4 is 10.1 Å². The predicted octanol–water partition coefficient (Wildman–Crippen LogP) is 2.27. The second-order valence-electron chi connectivity index (χ2n) is 5.89. The van der Waals surface area contributed by atoms with Gasteiger partial charge >= 0.3 is 0 Å². The lowest BCUT2D eigenvalue weighted by atomic mass is 9.97. The summed E-state index contributed by atoms with van der Waals surface area (Å²) in [6.07, 6.45) is 2.62. The van der Waals surface area contributed by atoms with Crippen LogP contribution in [0, 0.1) is 5.92 Å². The Bertz CT molecular complexity index is 415. The number of ether oxygens (including phenoxy) is 1. The van der Waals surface area contributed by atoms with Gasteiger partial charge < -0.3 is 10.1 Å². The van der Waals surface area contributed by atoms with E-state index < -0.39 is 0 Å². The zero-order valence-corrected chi connectivity index (χ0v) is 11.8. The summed E-state index contributed by atoms with van der Waals surface area (Å²) in [5.41, 5.74) is 1.33. The van der Waals surface area contributed by atoms with Gasteiger partial charge in [0.15, 0.2) is 0 Å². The highest BCUT2D eigenvalue weighted by Crippen LogP contribution is 2.26. The van der Waals surface area contributed by atoms with Crippen LogP contribution >= 0.6 is 0 Å². The molecule has 3 rings (SSSR count). The molecule has 1 fully saturated rings. The van der Waals surface area contributed by atoms with Gasteiger partial charge in [0.2, 0.25) is 0 Å². The Morgan fingerprint density at radius 2 is 2.05 bits per heavy atom. The summed E-state index contributed by atoms with van der Waals surface area (Å²) >= 11 is 0. The fourth-order valence-electron chi connectivity index (χ4n) is 3.11. The Labute approximate surface area is 115 Å². The lowest BCUT2D eigenvalue weighted by Crippen LogP contribution is -2.41. The van der Waals surface area contributed by atoms with Crippen molar-refractivity contribution in [2.24, 2.45) is 5.92 Å². The molecule has 104 valence electrons. The van der Waals surface area contributed by atoms with Crippen molar-refractivity contribution in [2.45, 2.75) is 32.4 Å². The van der Waals surface area contributed by atoms with Crippen LogP contribution in [0.25, 0.3) is 0 Å². The molecule has 0 amide bonds. The van der Waals surface area contributed by atoms with E-state index in [9.17, 15) is 0 Å². The molecule has 1 unspecified atom stereocenters. The topological polar surface area (TPSA) is 24.5 Å². The molecule has 0 aliphatic carbocycles. The van der Waals surface area contributed by atoms with Crippen LogP contribution in [0.1, 0.15) is 25.3 Å². The highest BCUT2D eigenvalue weighted by Gasteiger charge is 2.24. The summed E-state index contributed by atoms with van der Waals surface area (Å²) in [5.74, 6) is 1.91. The van der Waals surface area contributed by atoms with Gasteiger partial charge in [-0.2, -0.15) is 0 Å². The molecule has 0 spiro atoms. The van der Waals surface area contributed by atoms with E-state index in [0.717, 1.165) is 24.8 Å². The molecule has 2 aliphatic heterocycles. The first kappa shape index (κ1) is 12.9. The quantitative estimate of drug-likeness (QED) is 0.883. The molecule has 3 nitrogen and oxygen atoms in total. The predicted molar refractivity (Wildman–Crippen MR) is 77.4 cm³/mol. The average molecular weight is 260 g/mol. The van der Waals surface area contributed by atoms with Crippen molar-refractivity contribution < 1.29 is 4.74 Å². The second-order valence-corrected chi connectivity index (χ2v) is 5.89. The molecule has 2 aliphatic rings. The SMILES string of the molecule is CC1COc2ccccc2CN1CC1CCNCC1. The Morgan fingerprint density at radius 3 is 2.89 bits per heavy atom. The van der Waals surface area contributed by atoms with E-state index in [4.69, 9.17) is 4.74 Å². The monoisotopic (exact) mass is 260 g/mol. The van der Waals surface area contributed by atoms with Gasteiger partial charge in [-0.3, -0.25) is 4.90 Å². The Hall–Kier alpha value is -1.06. The lowest BCUT2D eigenvalue weighted by molar-refractivity contribution is 0.127. The molecule has 1 atom stereocenters. The Balaban J connectivity index is 1.69. The summed E-state index contributed by atoms with van der Waals surface area (Å²) in [6, 6.07) is 8.97. The number of piperidine rings is 1. The van der Waals surface area contributed by atoms with Crippen LogP contribution in [0.4, 0.5) is 0 Å². The molecule has 1 N–H and O–H groups in total. The van der Waals surface area contributed by atoms with E-state index >= 15 is 0 Å². The van der Waals surface area contributed by atoms with Gasteiger partial charge in [0, 0.05) is 24.7 Å². The van der Waals surface area contributed by atoms with Crippen molar-refractivity contribution in [3.05, 3.63) is 29.8 Å². The smallest absolute Gasteiger partial charge is 0.123 e. The van der Waals surface area contributed by atoms with Gasteiger partial charge in [-0.15, -0.1) is 0 Å². The van der Waals surface area contributed by atoms with E-state index in [1.807, 2.05) is 0 Å². The molecule has 1 aromatic rings. The summed E-state index contributed by atoms with van der Waals surface area (Å²) in [6.45, 7) is 7.69. The lowest BCUT2D eigenvalue weighted by Gasteiger charge is -2.32. The van der Waals surface area contributed by atoms with Gasteiger partial charge in [-0.05, 0) is 44.8 Å². The molecule has 2 heterocycles. The maximum Gasteiger partial charge on any atom is 0.123 e. The minimum atomic E-state index is 0.502. The van der Waals surface area contributed by atoms with Crippen LogP contribution in [-0.2, 0) is 6.54 Å². The first-order chi connectivity index (χ1) is 9.33. The van der Waals surface area contributed by atoms with Gasteiger partial charge in [0.05, 0.1) is 0 Å². The largest absolute Gasteiger partial charge is 0.492 e. The maximum absolute atomic E-state index is 5.93. The van der Waals surface area contributed by atoms with Crippen molar-refractivity contribution in [1.82, 2.24) is 10.2 Å². The number of hydrogen-bond acceptors (Lipinski definition) is 3. The summed E-state index contributed by atoms with van der Waals surface area (Å²) in [4.78, 5) is 2.60. The number of benzene rings is 1. The number of fused-ring (bicyclic) bond motifs is 1. The highest BCUT2D eigenvalue weighted by atomic mass is 16.5. The minimum absolute atomic E-state index is 0.502. The summed E-state index contributed by atoms with van der Waals surface area (Å²) < 4.78 is 5.93. The molecule has 0 saturated carbocycles. The van der Waals surface area contributed by atoms with Crippen molar-refractivity contribution in [1.29, 1.82) is 0 Å². The molecular weight excluding hydrogens is 236 g/mol. The Morgan fingerprint density at radius 1 is 1.26 bits per heavy atom. The third-order valence-electron chi connectivity index (χ3n) is 4.40. The second kappa shape index (κ2) is 5.93. The summed E-state index contributed by atoms with van der Waals surface area (Å²) in [5, 5.41) is 3.45. The molecule has 3 heteroatoms. The molecule has 0 bridgehead atoms. The van der Waals surface area contributed by atoms with Gasteiger partial charge in [0.1, 0.15) is 12.4 Å². The first-order valence-corrected chi connectivity index (χ1v) is 7.48. The first-order valence-electron chi connectivity index (χ1n) is 7.48. The number of nitrogens with one attached hydrogen (secondary N) is 1. The van der Waals surface area contributed by atoms with Crippen LogP contribution in [-0.4, -0.2) is 37.2 Å². The number of rotatable bonds is 2. The van der Waals surface area contributed by atoms with E-state index in [0.29, 0.717) is 6.04 Å². The van der Waals surface area contributed by atoms with Gasteiger partial charge in [0.25, 0.3) is 0 Å². The van der Waals surface area contributed by atoms with Gasteiger partial charge in [-0.1, -0.05) is 18.2 Å². The molecule has 19 heavy (non-hydrogen) atoms. The third kappa shape index (κ3) is 3.10. The van der Waals surface area contributed by atoms with Crippen LogP contribution in [0.3, 0.4) is 0 Å². The van der Waals surface area contributed by atoms with Crippen molar-refractivity contribution in [3.8, 4) is 5.75 Å². The third-order valence-corrected chi connectivity index (χ3v) is 4.40. The standard InChI is InChI=1S/C16H24N2O/c1-13-12-19-16-5-3-2-4-15(16)11-18(13)10-14-6-8-17-9-7-14/h2-5,13-14,17H,6-12H2,1H3. The zero-order chi connectivity index (χ0) is 13.1. The Kier molecular flexibility index (Phi) is 4.04. The van der Waals surface area contributed by atoms with Crippen LogP contribution in [0.2, 0.25) is 0 Å². The molecule has 1 aromatic carbocycles. The van der Waals surface area contributed by atoms with Crippen molar-refractivity contribution in [3.63, 3.8) is 0 Å². The highest BCUT2D eigenvalue weighted by molar-refractivity contribution is 5.34. The molecule has 0 aromatic heterocycles.